The molecular formula is C11H13N3O2S3. The molecular weight excluding hydrogens is 302 g/mol. The Hall–Kier alpha value is -0.830. The van der Waals surface area contributed by atoms with Crippen LogP contribution in [0, 0.1) is 0 Å². The normalized spacial score (nSPS) is 16.1. The van der Waals surface area contributed by atoms with Crippen LogP contribution in [0.15, 0.2) is 23.4 Å². The zero-order valence-corrected chi connectivity index (χ0v) is 12.5. The van der Waals surface area contributed by atoms with E-state index in [2.05, 4.69) is 9.97 Å². The molecule has 1 aliphatic carbocycles. The molecule has 0 N–H and O–H groups in total. The number of sulfonamides is 1. The zero-order valence-electron chi connectivity index (χ0n) is 10.1. The van der Waals surface area contributed by atoms with Gasteiger partial charge in [0.1, 0.15) is 0 Å². The molecule has 0 atom stereocenters. The van der Waals surface area contributed by atoms with Gasteiger partial charge in [0.2, 0.25) is 10.0 Å². The van der Waals surface area contributed by atoms with Crippen molar-refractivity contribution in [2.45, 2.75) is 31.2 Å². The van der Waals surface area contributed by atoms with Crippen LogP contribution < -0.4 is 0 Å². The van der Waals surface area contributed by atoms with Crippen molar-refractivity contribution in [3.8, 4) is 0 Å². The van der Waals surface area contributed by atoms with E-state index >= 15 is 0 Å². The molecule has 0 unspecified atom stereocenters. The van der Waals surface area contributed by atoms with Gasteiger partial charge in [0.05, 0.1) is 16.3 Å². The summed E-state index contributed by atoms with van der Waals surface area (Å²) in [6, 6.07) is 0. The third-order valence-electron chi connectivity index (χ3n) is 2.94. The fourth-order valence-electron chi connectivity index (χ4n) is 1.80. The highest BCUT2D eigenvalue weighted by molar-refractivity contribution is 7.90. The van der Waals surface area contributed by atoms with E-state index in [1.807, 2.05) is 0 Å². The summed E-state index contributed by atoms with van der Waals surface area (Å²) in [6.07, 6.45) is 5.02. The van der Waals surface area contributed by atoms with E-state index in [0.29, 0.717) is 13.1 Å². The molecule has 2 heterocycles. The molecule has 2 aromatic rings. The molecule has 0 saturated heterocycles. The fraction of sp³-hybridized carbons (Fsp3) is 0.455. The van der Waals surface area contributed by atoms with Gasteiger partial charge in [-0.1, -0.05) is 0 Å². The number of hydrogen-bond donors (Lipinski definition) is 0. The summed E-state index contributed by atoms with van der Waals surface area (Å²) in [4.78, 5) is 9.94. The molecule has 0 bridgehead atoms. The Kier molecular flexibility index (Phi) is 3.66. The quantitative estimate of drug-likeness (QED) is 0.819. The Morgan fingerprint density at radius 3 is 2.00 bits per heavy atom. The minimum Gasteiger partial charge on any atom is -0.253 e. The van der Waals surface area contributed by atoms with Crippen molar-refractivity contribution >= 4 is 32.7 Å². The molecule has 0 spiro atoms. The van der Waals surface area contributed by atoms with E-state index in [-0.39, 0.29) is 5.25 Å². The number of hydrogen-bond acceptors (Lipinski definition) is 6. The lowest BCUT2D eigenvalue weighted by molar-refractivity contribution is 0.405. The minimum atomic E-state index is -3.19. The molecule has 0 amide bonds. The molecule has 1 saturated carbocycles. The third-order valence-corrected chi connectivity index (χ3v) is 6.76. The number of thiazole rings is 2. The van der Waals surface area contributed by atoms with Crippen molar-refractivity contribution in [1.29, 1.82) is 0 Å². The highest BCUT2D eigenvalue weighted by Gasteiger charge is 2.40. The first-order chi connectivity index (χ1) is 9.16. The van der Waals surface area contributed by atoms with Gasteiger partial charge < -0.3 is 0 Å². The maximum atomic E-state index is 12.4. The van der Waals surface area contributed by atoms with Crippen molar-refractivity contribution in [3.05, 3.63) is 33.2 Å². The van der Waals surface area contributed by atoms with Gasteiger partial charge in [0.15, 0.2) is 0 Å². The molecule has 5 nitrogen and oxygen atoms in total. The Bertz CT molecular complexity index is 582. The summed E-state index contributed by atoms with van der Waals surface area (Å²) in [5, 5.41) is -0.187. The maximum absolute atomic E-state index is 12.4. The van der Waals surface area contributed by atoms with Crippen LogP contribution in [0.1, 0.15) is 22.6 Å². The topological polar surface area (TPSA) is 63.2 Å². The number of rotatable bonds is 6. The summed E-state index contributed by atoms with van der Waals surface area (Å²) in [5.41, 5.74) is 3.45. The first-order valence-electron chi connectivity index (χ1n) is 5.90. The van der Waals surface area contributed by atoms with Crippen LogP contribution in [0.4, 0.5) is 0 Å². The molecule has 1 aliphatic rings. The Morgan fingerprint density at radius 1 is 1.11 bits per heavy atom. The maximum Gasteiger partial charge on any atom is 0.217 e. The van der Waals surface area contributed by atoms with Crippen molar-refractivity contribution in [2.24, 2.45) is 0 Å². The molecule has 0 aliphatic heterocycles. The van der Waals surface area contributed by atoms with Gasteiger partial charge in [0.25, 0.3) is 0 Å². The Morgan fingerprint density at radius 2 is 1.63 bits per heavy atom. The highest BCUT2D eigenvalue weighted by Crippen LogP contribution is 2.33. The number of nitrogens with zero attached hydrogens (tertiary/aromatic N) is 3. The fourth-order valence-corrected chi connectivity index (χ4v) is 4.97. The molecule has 102 valence electrons. The van der Waals surface area contributed by atoms with Gasteiger partial charge in [-0.2, -0.15) is 4.31 Å². The molecule has 19 heavy (non-hydrogen) atoms. The van der Waals surface area contributed by atoms with Crippen molar-refractivity contribution in [3.63, 3.8) is 0 Å². The third kappa shape index (κ3) is 3.02. The van der Waals surface area contributed by atoms with Crippen LogP contribution in [0.5, 0.6) is 0 Å². The van der Waals surface area contributed by atoms with Crippen LogP contribution in [-0.4, -0.2) is 27.9 Å². The molecule has 2 aromatic heterocycles. The van der Waals surface area contributed by atoms with E-state index in [0.717, 1.165) is 22.6 Å². The molecule has 3 rings (SSSR count). The van der Waals surface area contributed by atoms with Gasteiger partial charge in [-0.05, 0) is 12.8 Å². The lowest BCUT2D eigenvalue weighted by Gasteiger charge is -2.20. The standard InChI is InChI=1S/C11H13N3O2S3/c15-19(16,11-1-2-11)14(5-9-3-12-7-17-9)6-10-4-13-8-18-10/h3-4,7-8,11H,1-2,5-6H2. The predicted molar refractivity (Wildman–Crippen MR) is 75.4 cm³/mol. The largest absolute Gasteiger partial charge is 0.253 e. The Balaban J connectivity index is 1.82. The summed E-state index contributed by atoms with van der Waals surface area (Å²) in [7, 11) is -3.19. The van der Waals surface area contributed by atoms with Gasteiger partial charge in [-0.25, -0.2) is 8.42 Å². The minimum absolute atomic E-state index is 0.187. The first kappa shape index (κ1) is 13.2. The van der Waals surface area contributed by atoms with E-state index < -0.39 is 10.0 Å². The average Bonchev–Trinajstić information content (AvgIpc) is 2.90. The Labute approximate surface area is 120 Å². The van der Waals surface area contributed by atoms with Gasteiger partial charge in [-0.15, -0.1) is 22.7 Å². The van der Waals surface area contributed by atoms with Gasteiger partial charge in [0, 0.05) is 35.2 Å². The predicted octanol–water partition coefficient (Wildman–Crippen LogP) is 2.09. The van der Waals surface area contributed by atoms with Crippen LogP contribution in [0.25, 0.3) is 0 Å². The molecule has 0 aromatic carbocycles. The van der Waals surface area contributed by atoms with Crippen LogP contribution in [0.2, 0.25) is 0 Å². The van der Waals surface area contributed by atoms with Crippen molar-refractivity contribution in [1.82, 2.24) is 14.3 Å². The monoisotopic (exact) mass is 315 g/mol. The highest BCUT2D eigenvalue weighted by atomic mass is 32.2. The molecule has 1 fully saturated rings. The number of aromatic nitrogens is 2. The lowest BCUT2D eigenvalue weighted by atomic mass is 10.5. The molecule has 8 heteroatoms. The summed E-state index contributed by atoms with van der Waals surface area (Å²) in [6.45, 7) is 0.808. The van der Waals surface area contributed by atoms with Crippen LogP contribution in [-0.2, 0) is 23.1 Å². The average molecular weight is 315 g/mol. The van der Waals surface area contributed by atoms with Gasteiger partial charge in [-0.3, -0.25) is 9.97 Å². The van der Waals surface area contributed by atoms with E-state index in [1.165, 1.54) is 22.7 Å². The molecule has 0 radical (unpaired) electrons. The smallest absolute Gasteiger partial charge is 0.217 e. The first-order valence-corrected chi connectivity index (χ1v) is 9.16. The SMILES string of the molecule is O=S(=O)(C1CC1)N(Cc1cncs1)Cc1cncs1. The second-order valence-corrected chi connectivity index (χ2v) is 8.60. The van der Waals surface area contributed by atoms with E-state index in [9.17, 15) is 8.42 Å². The lowest BCUT2D eigenvalue weighted by Crippen LogP contribution is -2.32. The van der Waals surface area contributed by atoms with Crippen molar-refractivity contribution < 1.29 is 8.42 Å². The zero-order chi connectivity index (χ0) is 13.3. The summed E-state index contributed by atoms with van der Waals surface area (Å²) in [5.74, 6) is 0. The van der Waals surface area contributed by atoms with Gasteiger partial charge >= 0.3 is 0 Å². The summed E-state index contributed by atoms with van der Waals surface area (Å²) >= 11 is 2.97. The van der Waals surface area contributed by atoms with Crippen LogP contribution >= 0.6 is 22.7 Å². The van der Waals surface area contributed by atoms with E-state index in [4.69, 9.17) is 0 Å². The van der Waals surface area contributed by atoms with Crippen LogP contribution in [0.3, 0.4) is 0 Å². The van der Waals surface area contributed by atoms with Crippen molar-refractivity contribution in [2.75, 3.05) is 0 Å². The summed E-state index contributed by atoms with van der Waals surface area (Å²) < 4.78 is 26.4. The second kappa shape index (κ2) is 5.28. The van der Waals surface area contributed by atoms with E-state index in [1.54, 1.807) is 27.7 Å². The second-order valence-electron chi connectivity index (χ2n) is 4.45.